The van der Waals surface area contributed by atoms with Gasteiger partial charge >= 0.3 is 0 Å². The van der Waals surface area contributed by atoms with Crippen LogP contribution in [0.15, 0.2) is 41.0 Å². The number of nitrogens with one attached hydrogen (secondary N) is 1. The molecule has 1 aromatic heterocycles. The quantitative estimate of drug-likeness (QED) is 0.855. The third kappa shape index (κ3) is 4.49. The second kappa shape index (κ2) is 7.50. The average molecular weight is 328 g/mol. The van der Waals surface area contributed by atoms with Gasteiger partial charge in [0.05, 0.1) is 22.9 Å². The Morgan fingerprint density at radius 2 is 2.10 bits per heavy atom. The lowest BCUT2D eigenvalue weighted by molar-refractivity contribution is -0.121. The van der Waals surface area contributed by atoms with E-state index in [1.165, 1.54) is 6.26 Å². The first-order valence-electron chi connectivity index (χ1n) is 6.49. The van der Waals surface area contributed by atoms with E-state index in [9.17, 15) is 9.90 Å². The van der Waals surface area contributed by atoms with Gasteiger partial charge in [0.1, 0.15) is 11.9 Å². The summed E-state index contributed by atoms with van der Waals surface area (Å²) in [5.41, 5.74) is 0.825. The van der Waals surface area contributed by atoms with Crippen molar-refractivity contribution in [2.24, 2.45) is 0 Å². The molecule has 21 heavy (non-hydrogen) atoms. The van der Waals surface area contributed by atoms with Crippen LogP contribution in [0.3, 0.4) is 0 Å². The molecule has 0 radical (unpaired) electrons. The number of carbonyl (C=O) groups is 1. The molecule has 1 heterocycles. The molecule has 1 amide bonds. The monoisotopic (exact) mass is 327 g/mol. The highest BCUT2D eigenvalue weighted by Gasteiger charge is 2.12. The minimum absolute atomic E-state index is 0.107. The Morgan fingerprint density at radius 1 is 1.29 bits per heavy atom. The van der Waals surface area contributed by atoms with Crippen molar-refractivity contribution in [3.63, 3.8) is 0 Å². The van der Waals surface area contributed by atoms with E-state index in [1.54, 1.807) is 24.3 Å². The topological polar surface area (TPSA) is 62.5 Å². The van der Waals surface area contributed by atoms with Crippen LogP contribution in [0, 0.1) is 0 Å². The Bertz CT molecular complexity index is 599. The Kier molecular flexibility index (Phi) is 5.67. The van der Waals surface area contributed by atoms with Crippen molar-refractivity contribution < 1.29 is 14.3 Å². The number of rotatable bonds is 6. The summed E-state index contributed by atoms with van der Waals surface area (Å²) in [5.74, 6) is 0.254. The van der Waals surface area contributed by atoms with Crippen molar-refractivity contribution in [3.05, 3.63) is 58.0 Å². The molecule has 0 aliphatic heterocycles. The largest absolute Gasteiger partial charge is 0.467 e. The number of amides is 1. The van der Waals surface area contributed by atoms with Gasteiger partial charge < -0.3 is 14.8 Å². The Morgan fingerprint density at radius 3 is 2.81 bits per heavy atom. The number of hydrogen-bond donors (Lipinski definition) is 2. The van der Waals surface area contributed by atoms with E-state index in [0.29, 0.717) is 22.2 Å². The molecule has 0 saturated heterocycles. The molecular formula is C15H15Cl2NO3. The summed E-state index contributed by atoms with van der Waals surface area (Å²) >= 11 is 12.0. The summed E-state index contributed by atoms with van der Waals surface area (Å²) in [4.78, 5) is 11.8. The molecule has 112 valence electrons. The lowest BCUT2D eigenvalue weighted by atomic mass is 10.1. The number of aliphatic hydroxyl groups excluding tert-OH is 1. The van der Waals surface area contributed by atoms with Crippen LogP contribution >= 0.6 is 23.2 Å². The molecule has 4 nitrogen and oxygen atoms in total. The second-order valence-electron chi connectivity index (χ2n) is 4.55. The number of benzene rings is 1. The summed E-state index contributed by atoms with van der Waals surface area (Å²) in [6.45, 7) is 0.107. The maximum atomic E-state index is 11.8. The maximum absolute atomic E-state index is 11.8. The smallest absolute Gasteiger partial charge is 0.220 e. The van der Waals surface area contributed by atoms with Crippen LogP contribution in [0.2, 0.25) is 10.0 Å². The minimum Gasteiger partial charge on any atom is -0.467 e. The zero-order chi connectivity index (χ0) is 15.2. The number of furan rings is 1. The Labute approximate surface area is 132 Å². The number of carbonyl (C=O) groups excluding carboxylic acids is 1. The van der Waals surface area contributed by atoms with Crippen LogP contribution in [0.1, 0.15) is 23.8 Å². The molecular weight excluding hydrogens is 313 g/mol. The number of halogens is 2. The van der Waals surface area contributed by atoms with Gasteiger partial charge in [-0.15, -0.1) is 0 Å². The van der Waals surface area contributed by atoms with Crippen molar-refractivity contribution in [1.29, 1.82) is 0 Å². The van der Waals surface area contributed by atoms with E-state index in [4.69, 9.17) is 27.6 Å². The van der Waals surface area contributed by atoms with Gasteiger partial charge in [-0.25, -0.2) is 0 Å². The molecule has 0 fully saturated rings. The molecule has 2 aromatic rings. The molecule has 0 saturated carbocycles. The van der Waals surface area contributed by atoms with Crippen molar-refractivity contribution in [2.75, 3.05) is 6.54 Å². The molecule has 2 rings (SSSR count). The van der Waals surface area contributed by atoms with Gasteiger partial charge in [0.15, 0.2) is 0 Å². The fourth-order valence-corrected chi connectivity index (χ4v) is 2.28. The van der Waals surface area contributed by atoms with Crippen LogP contribution in [0.25, 0.3) is 0 Å². The highest BCUT2D eigenvalue weighted by molar-refractivity contribution is 6.42. The number of aliphatic hydroxyl groups is 1. The summed E-state index contributed by atoms with van der Waals surface area (Å²) in [5, 5.41) is 13.4. The fraction of sp³-hybridized carbons (Fsp3) is 0.267. The molecule has 2 N–H and O–H groups in total. The molecule has 0 bridgehead atoms. The van der Waals surface area contributed by atoms with Crippen molar-refractivity contribution in [3.8, 4) is 0 Å². The van der Waals surface area contributed by atoms with Crippen molar-refractivity contribution >= 4 is 29.1 Å². The Balaban J connectivity index is 1.79. The predicted octanol–water partition coefficient (Wildman–Crippen LogP) is 3.37. The highest BCUT2D eigenvalue weighted by Crippen LogP contribution is 2.26. The highest BCUT2D eigenvalue weighted by atomic mass is 35.5. The van der Waals surface area contributed by atoms with Crippen molar-refractivity contribution in [2.45, 2.75) is 18.9 Å². The molecule has 0 aliphatic rings. The predicted molar refractivity (Wildman–Crippen MR) is 81.5 cm³/mol. The fourth-order valence-electron chi connectivity index (χ4n) is 1.87. The molecule has 0 spiro atoms. The van der Waals surface area contributed by atoms with E-state index in [1.807, 2.05) is 6.07 Å². The minimum atomic E-state index is -0.848. The lowest BCUT2D eigenvalue weighted by Gasteiger charge is -2.10. The summed E-state index contributed by atoms with van der Waals surface area (Å²) in [7, 11) is 0. The SMILES string of the molecule is O=C(CCc1cccc(Cl)c1Cl)NCC(O)c1ccco1. The first-order valence-corrected chi connectivity index (χ1v) is 7.24. The van der Waals surface area contributed by atoms with Crippen LogP contribution in [-0.2, 0) is 11.2 Å². The van der Waals surface area contributed by atoms with E-state index >= 15 is 0 Å². The van der Waals surface area contributed by atoms with Gasteiger partial charge in [0, 0.05) is 6.42 Å². The van der Waals surface area contributed by atoms with Gasteiger partial charge in [-0.3, -0.25) is 4.79 Å². The molecule has 0 aliphatic carbocycles. The molecule has 1 atom stereocenters. The van der Waals surface area contributed by atoms with Gasteiger partial charge in [0.25, 0.3) is 0 Å². The zero-order valence-corrected chi connectivity index (χ0v) is 12.7. The van der Waals surface area contributed by atoms with Crippen LogP contribution in [0.5, 0.6) is 0 Å². The zero-order valence-electron chi connectivity index (χ0n) is 11.2. The number of aryl methyl sites for hydroxylation is 1. The summed E-state index contributed by atoms with van der Waals surface area (Å²) < 4.78 is 5.05. The number of hydrogen-bond acceptors (Lipinski definition) is 3. The van der Waals surface area contributed by atoms with Gasteiger partial charge in [0.2, 0.25) is 5.91 Å². The Hall–Kier alpha value is -1.49. The first-order chi connectivity index (χ1) is 10.1. The molecule has 1 unspecified atom stereocenters. The van der Waals surface area contributed by atoms with E-state index < -0.39 is 6.10 Å². The van der Waals surface area contributed by atoms with E-state index in [-0.39, 0.29) is 18.9 Å². The summed E-state index contributed by atoms with van der Waals surface area (Å²) in [6.07, 6.45) is 1.38. The maximum Gasteiger partial charge on any atom is 0.220 e. The van der Waals surface area contributed by atoms with Crippen molar-refractivity contribution in [1.82, 2.24) is 5.32 Å². The standard InChI is InChI=1S/C15H15Cl2NO3/c16-11-4-1-3-10(15(11)17)6-7-14(20)18-9-12(19)13-5-2-8-21-13/h1-5,8,12,19H,6-7,9H2,(H,18,20). The van der Waals surface area contributed by atoms with Gasteiger partial charge in [-0.1, -0.05) is 35.3 Å². The van der Waals surface area contributed by atoms with Crippen LogP contribution in [0.4, 0.5) is 0 Å². The second-order valence-corrected chi connectivity index (χ2v) is 5.33. The normalized spacial score (nSPS) is 12.1. The van der Waals surface area contributed by atoms with Gasteiger partial charge in [-0.2, -0.15) is 0 Å². The lowest BCUT2D eigenvalue weighted by Crippen LogP contribution is -2.28. The molecule has 1 aromatic carbocycles. The third-order valence-corrected chi connectivity index (χ3v) is 3.88. The average Bonchev–Trinajstić information content (AvgIpc) is 3.00. The third-order valence-electron chi connectivity index (χ3n) is 3.02. The van der Waals surface area contributed by atoms with E-state index in [2.05, 4.69) is 5.32 Å². The first kappa shape index (κ1) is 15.9. The van der Waals surface area contributed by atoms with Crippen LogP contribution < -0.4 is 5.32 Å². The van der Waals surface area contributed by atoms with Crippen LogP contribution in [-0.4, -0.2) is 17.6 Å². The van der Waals surface area contributed by atoms with E-state index in [0.717, 1.165) is 5.56 Å². The summed E-state index contributed by atoms with van der Waals surface area (Å²) in [6, 6.07) is 8.67. The molecule has 6 heteroatoms. The van der Waals surface area contributed by atoms with Gasteiger partial charge in [-0.05, 0) is 30.2 Å².